The van der Waals surface area contributed by atoms with Crippen LogP contribution in [0.1, 0.15) is 44.4 Å². The molecule has 6 heteroatoms. The molecule has 1 aliphatic carbocycles. The maximum absolute atomic E-state index is 11.3. The molecule has 104 valence electrons. The summed E-state index contributed by atoms with van der Waals surface area (Å²) in [6.07, 6.45) is 3.82. The smallest absolute Gasteiger partial charge is 0.307 e. The van der Waals surface area contributed by atoms with E-state index >= 15 is 0 Å². The van der Waals surface area contributed by atoms with Crippen molar-refractivity contribution in [2.45, 2.75) is 38.5 Å². The Bertz CT molecular complexity index is 467. The zero-order valence-corrected chi connectivity index (χ0v) is 11.1. The monoisotopic (exact) mass is 265 g/mol. The number of rotatable bonds is 3. The molecule has 2 aliphatic rings. The lowest BCUT2D eigenvalue weighted by molar-refractivity contribution is -0.142. The van der Waals surface area contributed by atoms with Crippen LogP contribution in [-0.4, -0.2) is 34.3 Å². The minimum atomic E-state index is -0.754. The number of aromatic nitrogens is 2. The summed E-state index contributed by atoms with van der Waals surface area (Å²) >= 11 is 0. The van der Waals surface area contributed by atoms with E-state index in [9.17, 15) is 9.90 Å². The molecule has 0 bridgehead atoms. The summed E-state index contributed by atoms with van der Waals surface area (Å²) in [5.74, 6) is 0.247. The van der Waals surface area contributed by atoms with Crippen LogP contribution in [0.5, 0.6) is 0 Å². The van der Waals surface area contributed by atoms with Crippen molar-refractivity contribution in [2.24, 2.45) is 11.8 Å². The number of aliphatic carboxylic acids is 1. The van der Waals surface area contributed by atoms with Crippen LogP contribution in [0, 0.1) is 11.8 Å². The Morgan fingerprint density at radius 3 is 2.79 bits per heavy atom. The summed E-state index contributed by atoms with van der Waals surface area (Å²) in [7, 11) is 0. The van der Waals surface area contributed by atoms with Crippen molar-refractivity contribution in [3.8, 4) is 0 Å². The molecule has 1 saturated carbocycles. The second kappa shape index (κ2) is 4.83. The zero-order chi connectivity index (χ0) is 13.4. The molecule has 3 atom stereocenters. The van der Waals surface area contributed by atoms with Crippen molar-refractivity contribution in [3.63, 3.8) is 0 Å². The predicted molar refractivity (Wildman–Crippen MR) is 68.0 cm³/mol. The van der Waals surface area contributed by atoms with Gasteiger partial charge in [-0.2, -0.15) is 4.98 Å². The quantitative estimate of drug-likeness (QED) is 0.899. The van der Waals surface area contributed by atoms with E-state index in [0.29, 0.717) is 24.2 Å². The molecule has 19 heavy (non-hydrogen) atoms. The molecule has 1 aromatic heterocycles. The molecule has 2 fully saturated rings. The number of anilines is 1. The molecule has 1 saturated heterocycles. The van der Waals surface area contributed by atoms with Gasteiger partial charge in [-0.05, 0) is 36.8 Å². The Kier molecular flexibility index (Phi) is 3.16. The summed E-state index contributed by atoms with van der Waals surface area (Å²) in [6.45, 7) is 4.00. The van der Waals surface area contributed by atoms with Crippen LogP contribution in [0.2, 0.25) is 0 Å². The first-order chi connectivity index (χ1) is 9.15. The van der Waals surface area contributed by atoms with E-state index in [0.717, 1.165) is 32.4 Å². The maximum Gasteiger partial charge on any atom is 0.307 e. The van der Waals surface area contributed by atoms with Gasteiger partial charge in [0.1, 0.15) is 0 Å². The first-order valence-electron chi connectivity index (χ1n) is 6.96. The maximum atomic E-state index is 11.3. The first kappa shape index (κ1) is 12.4. The van der Waals surface area contributed by atoms with Gasteiger partial charge in [0.15, 0.2) is 0 Å². The minimum Gasteiger partial charge on any atom is -0.481 e. The predicted octanol–water partition coefficient (Wildman–Crippen LogP) is 1.88. The Balaban J connectivity index is 1.79. The van der Waals surface area contributed by atoms with E-state index in [1.807, 2.05) is 0 Å². The number of hydrogen-bond donors (Lipinski definition) is 1. The highest BCUT2D eigenvalue weighted by molar-refractivity contribution is 5.71. The lowest BCUT2D eigenvalue weighted by atomic mass is 9.96. The highest BCUT2D eigenvalue weighted by Crippen LogP contribution is 2.42. The fraction of sp³-hybridized carbons (Fsp3) is 0.769. The van der Waals surface area contributed by atoms with E-state index in [-0.39, 0.29) is 11.8 Å². The summed E-state index contributed by atoms with van der Waals surface area (Å²) in [4.78, 5) is 17.8. The summed E-state index contributed by atoms with van der Waals surface area (Å²) in [6, 6.07) is 0. The van der Waals surface area contributed by atoms with Crippen LogP contribution in [0.25, 0.3) is 0 Å². The molecule has 3 unspecified atom stereocenters. The third-order valence-electron chi connectivity index (χ3n) is 4.25. The number of nitrogens with zero attached hydrogens (tertiary/aromatic N) is 3. The SMILES string of the molecule is CC1CC(C(=O)O)C(c2nc(N3CCCC3)no2)C1. The van der Waals surface area contributed by atoms with Gasteiger partial charge in [0.2, 0.25) is 5.89 Å². The average molecular weight is 265 g/mol. The zero-order valence-electron chi connectivity index (χ0n) is 11.1. The van der Waals surface area contributed by atoms with Gasteiger partial charge >= 0.3 is 5.97 Å². The molecule has 0 aromatic carbocycles. The van der Waals surface area contributed by atoms with Crippen LogP contribution in [0.15, 0.2) is 4.52 Å². The second-order valence-electron chi connectivity index (χ2n) is 5.75. The van der Waals surface area contributed by atoms with Crippen LogP contribution < -0.4 is 4.90 Å². The second-order valence-corrected chi connectivity index (χ2v) is 5.75. The molecule has 0 amide bonds. The van der Waals surface area contributed by atoms with Crippen molar-refractivity contribution in [2.75, 3.05) is 18.0 Å². The van der Waals surface area contributed by atoms with Crippen molar-refractivity contribution in [3.05, 3.63) is 5.89 Å². The summed E-state index contributed by atoms with van der Waals surface area (Å²) in [5, 5.41) is 13.3. The van der Waals surface area contributed by atoms with E-state index < -0.39 is 5.97 Å². The summed E-state index contributed by atoms with van der Waals surface area (Å²) < 4.78 is 5.32. The molecule has 0 spiro atoms. The number of hydrogen-bond acceptors (Lipinski definition) is 5. The Morgan fingerprint density at radius 2 is 2.11 bits per heavy atom. The molecule has 2 heterocycles. The minimum absolute atomic E-state index is 0.128. The van der Waals surface area contributed by atoms with Crippen molar-refractivity contribution < 1.29 is 14.4 Å². The molecule has 1 aliphatic heterocycles. The molecular formula is C13H19N3O3. The molecular weight excluding hydrogens is 246 g/mol. The van der Waals surface area contributed by atoms with Crippen molar-refractivity contribution in [1.82, 2.24) is 10.1 Å². The third kappa shape index (κ3) is 2.31. The van der Waals surface area contributed by atoms with Gasteiger partial charge in [0.05, 0.1) is 11.8 Å². The van der Waals surface area contributed by atoms with Gasteiger partial charge < -0.3 is 14.5 Å². The lowest BCUT2D eigenvalue weighted by Gasteiger charge is -2.11. The Morgan fingerprint density at radius 1 is 1.37 bits per heavy atom. The van der Waals surface area contributed by atoms with E-state index in [1.165, 1.54) is 0 Å². The van der Waals surface area contributed by atoms with Gasteiger partial charge in [0.25, 0.3) is 5.95 Å². The molecule has 3 rings (SSSR count). The van der Waals surface area contributed by atoms with Crippen LogP contribution in [0.4, 0.5) is 5.95 Å². The normalized spacial score (nSPS) is 31.0. The summed E-state index contributed by atoms with van der Waals surface area (Å²) in [5.41, 5.74) is 0. The van der Waals surface area contributed by atoms with Gasteiger partial charge in [-0.25, -0.2) is 0 Å². The first-order valence-corrected chi connectivity index (χ1v) is 6.96. The topological polar surface area (TPSA) is 79.5 Å². The molecule has 1 aromatic rings. The fourth-order valence-corrected chi connectivity index (χ4v) is 3.26. The van der Waals surface area contributed by atoms with Crippen LogP contribution in [0.3, 0.4) is 0 Å². The van der Waals surface area contributed by atoms with E-state index in [1.54, 1.807) is 0 Å². The highest BCUT2D eigenvalue weighted by Gasteiger charge is 2.41. The molecule has 6 nitrogen and oxygen atoms in total. The number of carboxylic acid groups (broad SMARTS) is 1. The van der Waals surface area contributed by atoms with Gasteiger partial charge in [-0.15, -0.1) is 0 Å². The van der Waals surface area contributed by atoms with E-state index in [2.05, 4.69) is 22.0 Å². The lowest BCUT2D eigenvalue weighted by Crippen LogP contribution is -2.20. The van der Waals surface area contributed by atoms with E-state index in [4.69, 9.17) is 4.52 Å². The molecule has 0 radical (unpaired) electrons. The third-order valence-corrected chi connectivity index (χ3v) is 4.25. The Labute approximate surface area is 111 Å². The largest absolute Gasteiger partial charge is 0.481 e. The van der Waals surface area contributed by atoms with Crippen molar-refractivity contribution in [1.29, 1.82) is 0 Å². The van der Waals surface area contributed by atoms with Crippen LogP contribution >= 0.6 is 0 Å². The van der Waals surface area contributed by atoms with Crippen LogP contribution in [-0.2, 0) is 4.79 Å². The average Bonchev–Trinajstić information content (AvgIpc) is 3.07. The van der Waals surface area contributed by atoms with Gasteiger partial charge in [-0.3, -0.25) is 4.79 Å². The standard InChI is InChI=1S/C13H19N3O3/c1-8-6-9(10(7-8)12(17)18)11-14-13(15-19-11)16-4-2-3-5-16/h8-10H,2-7H2,1H3,(H,17,18). The Hall–Kier alpha value is -1.59. The van der Waals surface area contributed by atoms with Crippen molar-refractivity contribution >= 4 is 11.9 Å². The molecule has 1 N–H and O–H groups in total. The highest BCUT2D eigenvalue weighted by atomic mass is 16.5. The van der Waals surface area contributed by atoms with Gasteiger partial charge in [-0.1, -0.05) is 6.92 Å². The number of carbonyl (C=O) groups is 1. The fourth-order valence-electron chi connectivity index (χ4n) is 3.26. The number of carboxylic acids is 1. The van der Waals surface area contributed by atoms with Gasteiger partial charge in [0, 0.05) is 13.1 Å².